The number of ether oxygens (including phenoxy) is 1. The van der Waals surface area contributed by atoms with Crippen molar-refractivity contribution in [1.29, 1.82) is 0 Å². The van der Waals surface area contributed by atoms with Crippen LogP contribution in [-0.4, -0.2) is 12.9 Å². The van der Waals surface area contributed by atoms with Gasteiger partial charge in [-0.3, -0.25) is 4.79 Å². The molecule has 0 saturated carbocycles. The van der Waals surface area contributed by atoms with E-state index in [0.717, 1.165) is 0 Å². The Balaban J connectivity index is 2.64. The summed E-state index contributed by atoms with van der Waals surface area (Å²) in [6.45, 7) is 0. The number of nitrogen functional groups attached to an aromatic ring is 1. The van der Waals surface area contributed by atoms with E-state index < -0.39 is 5.78 Å². The third kappa shape index (κ3) is 3.06. The van der Waals surface area contributed by atoms with Crippen LogP contribution in [0.1, 0.15) is 15.9 Å². The second-order valence-corrected chi connectivity index (χ2v) is 5.70. The summed E-state index contributed by atoms with van der Waals surface area (Å²) in [5.74, 6) is -0.112. The van der Waals surface area contributed by atoms with Crippen LogP contribution in [0.15, 0.2) is 24.3 Å². The van der Waals surface area contributed by atoms with Crippen molar-refractivity contribution in [2.24, 2.45) is 0 Å². The van der Waals surface area contributed by atoms with Gasteiger partial charge in [0.1, 0.15) is 5.75 Å². The summed E-state index contributed by atoms with van der Waals surface area (Å²) >= 11 is 24.0. The van der Waals surface area contributed by atoms with Crippen molar-refractivity contribution in [3.8, 4) is 5.75 Å². The van der Waals surface area contributed by atoms with Crippen LogP contribution in [0.5, 0.6) is 5.75 Å². The fourth-order valence-corrected chi connectivity index (χ4v) is 2.89. The van der Waals surface area contributed by atoms with E-state index in [1.165, 1.54) is 25.3 Å². The molecule has 0 bridgehead atoms. The van der Waals surface area contributed by atoms with Gasteiger partial charge in [-0.15, -0.1) is 0 Å². The molecule has 7 heteroatoms. The first-order valence-corrected chi connectivity index (χ1v) is 7.19. The van der Waals surface area contributed by atoms with E-state index in [4.69, 9.17) is 56.9 Å². The number of ketones is 1. The normalized spacial score (nSPS) is 10.5. The minimum Gasteiger partial charge on any atom is -0.496 e. The Morgan fingerprint density at radius 3 is 2.33 bits per heavy atom. The average Bonchev–Trinajstić information content (AvgIpc) is 2.44. The molecule has 0 aliphatic rings. The lowest BCUT2D eigenvalue weighted by Gasteiger charge is -2.12. The highest BCUT2D eigenvalue weighted by Gasteiger charge is 2.23. The van der Waals surface area contributed by atoms with E-state index in [-0.39, 0.29) is 31.2 Å². The maximum absolute atomic E-state index is 12.7. The zero-order valence-corrected chi connectivity index (χ0v) is 13.7. The van der Waals surface area contributed by atoms with E-state index >= 15 is 0 Å². The number of rotatable bonds is 3. The Labute approximate surface area is 141 Å². The summed E-state index contributed by atoms with van der Waals surface area (Å²) in [6, 6.07) is 6.02. The van der Waals surface area contributed by atoms with E-state index in [1.54, 1.807) is 6.07 Å². The molecule has 2 aromatic carbocycles. The quantitative estimate of drug-likeness (QED) is 0.356. The molecule has 2 aromatic rings. The number of halogens is 4. The van der Waals surface area contributed by atoms with Crippen LogP contribution in [0.2, 0.25) is 20.1 Å². The molecule has 0 aromatic heterocycles. The van der Waals surface area contributed by atoms with E-state index in [0.29, 0.717) is 11.4 Å². The van der Waals surface area contributed by atoms with Gasteiger partial charge in [0.2, 0.25) is 0 Å². The predicted octanol–water partition coefficient (Wildman–Crippen LogP) is 5.12. The molecule has 21 heavy (non-hydrogen) atoms. The highest BCUT2D eigenvalue weighted by Crippen LogP contribution is 2.39. The van der Waals surface area contributed by atoms with Gasteiger partial charge in [0.25, 0.3) is 0 Å². The second-order valence-electron chi connectivity index (χ2n) is 4.13. The molecule has 0 unspecified atom stereocenters. The lowest BCUT2D eigenvalue weighted by Crippen LogP contribution is -2.06. The van der Waals surface area contributed by atoms with Gasteiger partial charge in [0.05, 0.1) is 38.3 Å². The van der Waals surface area contributed by atoms with Crippen molar-refractivity contribution in [2.75, 3.05) is 12.8 Å². The molecule has 2 N–H and O–H groups in total. The highest BCUT2D eigenvalue weighted by molar-refractivity contribution is 6.51. The van der Waals surface area contributed by atoms with Crippen LogP contribution >= 0.6 is 46.4 Å². The number of anilines is 1. The maximum Gasteiger partial charge on any atom is 0.199 e. The zero-order valence-electron chi connectivity index (χ0n) is 10.7. The smallest absolute Gasteiger partial charge is 0.199 e. The number of benzene rings is 2. The van der Waals surface area contributed by atoms with Gasteiger partial charge < -0.3 is 10.5 Å². The van der Waals surface area contributed by atoms with Crippen molar-refractivity contribution < 1.29 is 9.53 Å². The topological polar surface area (TPSA) is 52.3 Å². The van der Waals surface area contributed by atoms with Crippen LogP contribution in [-0.2, 0) is 0 Å². The fourth-order valence-electron chi connectivity index (χ4n) is 1.80. The van der Waals surface area contributed by atoms with Crippen molar-refractivity contribution in [3.63, 3.8) is 0 Å². The summed E-state index contributed by atoms with van der Waals surface area (Å²) in [5.41, 5.74) is 6.47. The van der Waals surface area contributed by atoms with Crippen LogP contribution < -0.4 is 10.5 Å². The van der Waals surface area contributed by atoms with Crippen molar-refractivity contribution >= 4 is 57.9 Å². The number of nitrogens with two attached hydrogens (primary N) is 1. The summed E-state index contributed by atoms with van der Waals surface area (Å²) in [6.07, 6.45) is 0. The van der Waals surface area contributed by atoms with Gasteiger partial charge in [0.15, 0.2) is 5.78 Å². The number of hydrogen-bond acceptors (Lipinski definition) is 3. The molecule has 3 nitrogen and oxygen atoms in total. The molecule has 0 atom stereocenters. The molecule has 0 heterocycles. The van der Waals surface area contributed by atoms with Gasteiger partial charge in [-0.05, 0) is 18.2 Å². The van der Waals surface area contributed by atoms with E-state index in [2.05, 4.69) is 0 Å². The largest absolute Gasteiger partial charge is 0.496 e. The van der Waals surface area contributed by atoms with E-state index in [1.807, 2.05) is 0 Å². The van der Waals surface area contributed by atoms with Crippen LogP contribution in [0.4, 0.5) is 5.69 Å². The standard InChI is InChI=1S/C14H9Cl4NO2/c1-21-10-4-6(19)2-3-7(10)14(20)11-8(15)5-9(16)12(17)13(11)18/h2-5H,19H2,1H3. The molecule has 0 aliphatic carbocycles. The third-order valence-electron chi connectivity index (χ3n) is 2.81. The maximum atomic E-state index is 12.7. The molecule has 0 fully saturated rings. The van der Waals surface area contributed by atoms with Gasteiger partial charge in [-0.25, -0.2) is 0 Å². The molecule has 0 amide bonds. The Hall–Kier alpha value is -1.13. The Morgan fingerprint density at radius 2 is 1.71 bits per heavy atom. The molecule has 0 radical (unpaired) electrons. The second kappa shape index (κ2) is 6.32. The Bertz CT molecular complexity index is 731. The molecule has 0 aliphatic heterocycles. The molecule has 0 saturated heterocycles. The van der Waals surface area contributed by atoms with Gasteiger partial charge >= 0.3 is 0 Å². The summed E-state index contributed by atoms with van der Waals surface area (Å²) in [4.78, 5) is 12.7. The van der Waals surface area contributed by atoms with Gasteiger partial charge in [0, 0.05) is 11.8 Å². The molecule has 110 valence electrons. The predicted molar refractivity (Wildman–Crippen MR) is 87.3 cm³/mol. The first kappa shape index (κ1) is 16.2. The third-order valence-corrected chi connectivity index (χ3v) is 4.37. The van der Waals surface area contributed by atoms with Crippen LogP contribution in [0.25, 0.3) is 0 Å². The van der Waals surface area contributed by atoms with Crippen LogP contribution in [0, 0.1) is 0 Å². The van der Waals surface area contributed by atoms with Crippen molar-refractivity contribution in [1.82, 2.24) is 0 Å². The SMILES string of the molecule is COc1cc(N)ccc1C(=O)c1c(Cl)cc(Cl)c(Cl)c1Cl. The van der Waals surface area contributed by atoms with Crippen molar-refractivity contribution in [3.05, 3.63) is 55.5 Å². The van der Waals surface area contributed by atoms with Gasteiger partial charge in [-0.2, -0.15) is 0 Å². The highest BCUT2D eigenvalue weighted by atomic mass is 35.5. The van der Waals surface area contributed by atoms with E-state index in [9.17, 15) is 4.79 Å². The minimum absolute atomic E-state index is 0.00181. The first-order valence-electron chi connectivity index (χ1n) is 5.68. The summed E-state index contributed by atoms with van der Waals surface area (Å²) in [7, 11) is 1.43. The average molecular weight is 365 g/mol. The number of hydrogen-bond donors (Lipinski definition) is 1. The molecule has 2 rings (SSSR count). The Kier molecular flexibility index (Phi) is 4.89. The number of carbonyl (C=O) groups is 1. The van der Waals surface area contributed by atoms with Crippen LogP contribution in [0.3, 0.4) is 0 Å². The molecular formula is C14H9Cl4NO2. The summed E-state index contributed by atoms with van der Waals surface area (Å²) in [5, 5.41) is 0.351. The fraction of sp³-hybridized carbons (Fsp3) is 0.0714. The lowest BCUT2D eigenvalue weighted by molar-refractivity contribution is 0.103. The van der Waals surface area contributed by atoms with Gasteiger partial charge in [-0.1, -0.05) is 46.4 Å². The minimum atomic E-state index is -0.430. The molecular weight excluding hydrogens is 356 g/mol. The lowest BCUT2D eigenvalue weighted by atomic mass is 10.0. The molecule has 0 spiro atoms. The zero-order chi connectivity index (χ0) is 15.7. The first-order chi connectivity index (χ1) is 9.86. The van der Waals surface area contributed by atoms with Crippen molar-refractivity contribution in [2.45, 2.75) is 0 Å². The summed E-state index contributed by atoms with van der Waals surface area (Å²) < 4.78 is 5.16. The Morgan fingerprint density at radius 1 is 1.05 bits per heavy atom. The number of carbonyl (C=O) groups excluding carboxylic acids is 1. The monoisotopic (exact) mass is 363 g/mol. The number of methoxy groups -OCH3 is 1.